The zero-order chi connectivity index (χ0) is 31.1. The number of Topliss-reactive ketones (excluding diaryl/α,β-unsaturated/α-hetero) is 1. The maximum absolute atomic E-state index is 13.8. The van der Waals surface area contributed by atoms with E-state index in [0.29, 0.717) is 12.8 Å². The Balaban J connectivity index is 1.41. The van der Waals surface area contributed by atoms with Crippen molar-refractivity contribution in [1.29, 1.82) is 0 Å². The quantitative estimate of drug-likeness (QED) is 0.135. The zero-order valence-corrected chi connectivity index (χ0v) is 25.4. The summed E-state index contributed by atoms with van der Waals surface area (Å²) in [5.74, 6) is -3.91. The molecule has 1 saturated heterocycles. The van der Waals surface area contributed by atoms with Crippen LogP contribution in [0.2, 0.25) is 10.0 Å². The van der Waals surface area contributed by atoms with Crippen LogP contribution < -0.4 is 4.18 Å². The monoisotopic (exact) mass is 640 g/mol. The van der Waals surface area contributed by atoms with E-state index in [0.717, 1.165) is 21.2 Å². The van der Waals surface area contributed by atoms with E-state index in [1.54, 1.807) is 12.1 Å². The third kappa shape index (κ3) is 6.22. The van der Waals surface area contributed by atoms with E-state index in [4.69, 9.17) is 27.4 Å². The molecule has 1 aliphatic heterocycles. The molecule has 0 bridgehead atoms. The van der Waals surface area contributed by atoms with Gasteiger partial charge in [-0.3, -0.25) is 19.2 Å². The molecule has 2 atom stereocenters. The summed E-state index contributed by atoms with van der Waals surface area (Å²) >= 11 is 12.3. The Morgan fingerprint density at radius 3 is 2.23 bits per heavy atom. The molecule has 1 fully saturated rings. The summed E-state index contributed by atoms with van der Waals surface area (Å²) in [7, 11) is -4.11. The fourth-order valence-corrected chi connectivity index (χ4v) is 6.52. The zero-order valence-electron chi connectivity index (χ0n) is 23.1. The molecule has 9 nitrogen and oxygen atoms in total. The number of benzene rings is 3. The summed E-state index contributed by atoms with van der Waals surface area (Å²) in [6.07, 6.45) is 2.62. The molecule has 1 heterocycles. The van der Waals surface area contributed by atoms with Crippen molar-refractivity contribution < 1.29 is 31.8 Å². The van der Waals surface area contributed by atoms with E-state index in [1.165, 1.54) is 54.6 Å². The van der Waals surface area contributed by atoms with Crippen molar-refractivity contribution in [1.82, 2.24) is 10.0 Å². The highest BCUT2D eigenvalue weighted by atomic mass is 35.5. The lowest BCUT2D eigenvalue weighted by Crippen LogP contribution is -2.52. The molecule has 2 aliphatic rings. The van der Waals surface area contributed by atoms with Crippen molar-refractivity contribution >= 4 is 56.8 Å². The largest absolute Gasteiger partial charge is 0.379 e. The summed E-state index contributed by atoms with van der Waals surface area (Å²) in [4.78, 5) is 54.1. The van der Waals surface area contributed by atoms with Gasteiger partial charge < -0.3 is 4.18 Å². The topological polar surface area (TPSA) is 118 Å². The average Bonchev–Trinajstić information content (AvgIpc) is 3.20. The Morgan fingerprint density at radius 1 is 0.930 bits per heavy atom. The second-order valence-electron chi connectivity index (χ2n) is 10.5. The number of carbonyl (C=O) groups is 4. The smallest absolute Gasteiger partial charge is 0.339 e. The molecule has 0 radical (unpaired) electrons. The number of hydrazine groups is 1. The molecule has 5 rings (SSSR count). The molecular formula is C31H26Cl2N2O7S. The van der Waals surface area contributed by atoms with E-state index in [9.17, 15) is 27.6 Å². The molecule has 0 unspecified atom stereocenters. The Labute approximate surface area is 258 Å². The molecule has 3 aromatic rings. The Bertz CT molecular complexity index is 1770. The molecule has 0 N–H and O–H groups in total. The predicted molar refractivity (Wildman–Crippen MR) is 159 cm³/mol. The van der Waals surface area contributed by atoms with Crippen molar-refractivity contribution in [2.45, 2.75) is 31.6 Å². The van der Waals surface area contributed by atoms with Gasteiger partial charge >= 0.3 is 10.1 Å². The van der Waals surface area contributed by atoms with Gasteiger partial charge in [0.05, 0.1) is 22.4 Å². The summed E-state index contributed by atoms with van der Waals surface area (Å²) in [5.41, 5.74) is 1.89. The number of aryl methyl sites for hydroxylation is 1. The maximum Gasteiger partial charge on any atom is 0.339 e. The summed E-state index contributed by atoms with van der Waals surface area (Å²) < 4.78 is 30.5. The van der Waals surface area contributed by atoms with Gasteiger partial charge in [-0.05, 0) is 81.3 Å². The third-order valence-electron chi connectivity index (χ3n) is 7.42. The van der Waals surface area contributed by atoms with Crippen LogP contribution in [0.1, 0.15) is 46.0 Å². The minimum atomic E-state index is -4.11. The lowest BCUT2D eigenvalue weighted by atomic mass is 9.82. The number of imide groups is 1. The highest BCUT2D eigenvalue weighted by Crippen LogP contribution is 2.39. The first-order valence-corrected chi connectivity index (χ1v) is 15.5. The number of hydrogen-bond donors (Lipinski definition) is 0. The maximum atomic E-state index is 13.8. The van der Waals surface area contributed by atoms with Crippen LogP contribution in [0.3, 0.4) is 0 Å². The molecule has 0 saturated carbocycles. The van der Waals surface area contributed by atoms with E-state index in [2.05, 4.69) is 0 Å². The van der Waals surface area contributed by atoms with Crippen molar-refractivity contribution in [2.24, 2.45) is 11.8 Å². The molecule has 12 heteroatoms. The number of ketones is 1. The van der Waals surface area contributed by atoms with Crippen LogP contribution in [0.4, 0.5) is 0 Å². The van der Waals surface area contributed by atoms with Crippen LogP contribution in [0.15, 0.2) is 83.3 Å². The molecular weight excluding hydrogens is 615 g/mol. The number of rotatable bonds is 8. The first kappa shape index (κ1) is 30.5. The van der Waals surface area contributed by atoms with Gasteiger partial charge in [0.2, 0.25) is 0 Å². The molecule has 222 valence electrons. The fraction of sp³-hybridized carbons (Fsp3) is 0.226. The van der Waals surface area contributed by atoms with Gasteiger partial charge in [0.25, 0.3) is 17.7 Å². The van der Waals surface area contributed by atoms with Gasteiger partial charge in [-0.2, -0.15) is 13.4 Å². The fourth-order valence-electron chi connectivity index (χ4n) is 5.10. The van der Waals surface area contributed by atoms with Crippen LogP contribution in [0.5, 0.6) is 5.75 Å². The van der Waals surface area contributed by atoms with Gasteiger partial charge in [0.15, 0.2) is 5.78 Å². The third-order valence-corrected chi connectivity index (χ3v) is 9.23. The van der Waals surface area contributed by atoms with Crippen molar-refractivity contribution in [3.8, 4) is 5.75 Å². The molecule has 0 aromatic heterocycles. The standard InChI is InChI=1S/C31H26Cl2N2O7S/c1-18-3-11-23(12-4-18)43(40,41)42-22-9-6-20(7-10-22)28(36)17-34(29(37)25-14-8-21(32)16-27(25)33)35-30(38)24-13-5-19(2)15-26(24)31(35)39/h3-12,14,16,24,26H,13,15,17H2,1-2H3/t24-,26+/m0/s1. The molecule has 43 heavy (non-hydrogen) atoms. The number of amides is 3. The highest BCUT2D eigenvalue weighted by molar-refractivity contribution is 7.87. The van der Waals surface area contributed by atoms with Gasteiger partial charge in [-0.1, -0.05) is 52.5 Å². The number of hydrogen-bond acceptors (Lipinski definition) is 7. The van der Waals surface area contributed by atoms with Crippen LogP contribution in [-0.2, 0) is 19.7 Å². The van der Waals surface area contributed by atoms with Crippen LogP contribution in [0, 0.1) is 18.8 Å². The Kier molecular flexibility index (Phi) is 8.47. The molecule has 3 amide bonds. The first-order valence-electron chi connectivity index (χ1n) is 13.3. The normalized spacial score (nSPS) is 18.2. The van der Waals surface area contributed by atoms with Crippen molar-refractivity contribution in [3.05, 3.63) is 105 Å². The van der Waals surface area contributed by atoms with Gasteiger partial charge in [0.1, 0.15) is 17.2 Å². The van der Waals surface area contributed by atoms with Crippen LogP contribution in [0.25, 0.3) is 0 Å². The van der Waals surface area contributed by atoms with E-state index < -0.39 is 52.0 Å². The van der Waals surface area contributed by atoms with Gasteiger partial charge in [0, 0.05) is 10.6 Å². The first-order chi connectivity index (χ1) is 20.4. The average molecular weight is 642 g/mol. The van der Waals surface area contributed by atoms with Gasteiger partial charge in [-0.25, -0.2) is 5.01 Å². The van der Waals surface area contributed by atoms with Gasteiger partial charge in [-0.15, -0.1) is 0 Å². The summed E-state index contributed by atoms with van der Waals surface area (Å²) in [5, 5.41) is 1.85. The Hall–Kier alpha value is -3.99. The minimum Gasteiger partial charge on any atom is -0.379 e. The molecule has 3 aromatic carbocycles. The lowest BCUT2D eigenvalue weighted by Gasteiger charge is -2.30. The summed E-state index contributed by atoms with van der Waals surface area (Å²) in [6, 6.07) is 15.6. The highest BCUT2D eigenvalue weighted by Gasteiger charge is 2.52. The molecule has 1 aliphatic carbocycles. The van der Waals surface area contributed by atoms with Crippen LogP contribution >= 0.6 is 23.2 Å². The van der Waals surface area contributed by atoms with E-state index in [1.807, 2.05) is 19.9 Å². The van der Waals surface area contributed by atoms with Crippen LogP contribution in [-0.4, -0.2) is 48.5 Å². The molecule has 0 spiro atoms. The second kappa shape index (κ2) is 11.9. The lowest BCUT2D eigenvalue weighted by molar-refractivity contribution is -0.154. The van der Waals surface area contributed by atoms with Crippen molar-refractivity contribution in [2.75, 3.05) is 6.54 Å². The Morgan fingerprint density at radius 2 is 1.58 bits per heavy atom. The van der Waals surface area contributed by atoms with E-state index >= 15 is 0 Å². The SMILES string of the molecule is CC1=CC[C@@H]2C(=O)N(N(CC(=O)c3ccc(OS(=O)(=O)c4ccc(C)cc4)cc3)C(=O)c3ccc(Cl)cc3Cl)C(=O)[C@@H]2C1. The predicted octanol–water partition coefficient (Wildman–Crippen LogP) is 5.65. The van der Waals surface area contributed by atoms with E-state index in [-0.39, 0.29) is 31.8 Å². The number of nitrogens with zero attached hydrogens (tertiary/aromatic N) is 2. The van der Waals surface area contributed by atoms with Crippen molar-refractivity contribution in [3.63, 3.8) is 0 Å². The minimum absolute atomic E-state index is 0.0136. The number of carbonyl (C=O) groups excluding carboxylic acids is 4. The number of halogens is 2. The number of fused-ring (bicyclic) bond motifs is 1. The summed E-state index contributed by atoms with van der Waals surface area (Å²) in [6.45, 7) is 3.03. The number of allylic oxidation sites excluding steroid dienone is 2. The second-order valence-corrected chi connectivity index (χ2v) is 12.9.